The largest absolute Gasteiger partial charge is 0.481 e. The number of carbonyl (C=O) groups excluding carboxylic acids is 1. The van der Waals surface area contributed by atoms with Gasteiger partial charge in [-0.05, 0) is 38.6 Å². The van der Waals surface area contributed by atoms with E-state index >= 15 is 0 Å². The summed E-state index contributed by atoms with van der Waals surface area (Å²) in [5, 5.41) is 0.645. The summed E-state index contributed by atoms with van der Waals surface area (Å²) >= 11 is 6.69. The molecular formula is C15H20O2S2. The number of carbonyl (C=O) groups is 1. The first-order chi connectivity index (χ1) is 8.79. The summed E-state index contributed by atoms with van der Waals surface area (Å²) in [6, 6.07) is 9.95. The minimum Gasteiger partial charge on any atom is -0.481 e. The third-order valence-electron chi connectivity index (χ3n) is 2.35. The molecule has 0 aliphatic rings. The highest BCUT2D eigenvalue weighted by molar-refractivity contribution is 8.13. The van der Waals surface area contributed by atoms with Gasteiger partial charge in [-0.15, -0.1) is 0 Å². The van der Waals surface area contributed by atoms with Crippen LogP contribution in [0.5, 0.6) is 0 Å². The maximum atomic E-state index is 11.2. The lowest BCUT2D eigenvalue weighted by molar-refractivity contribution is -0.109. The zero-order valence-electron chi connectivity index (χ0n) is 11.8. The second kappa shape index (κ2) is 7.06. The molecule has 19 heavy (non-hydrogen) atoms. The minimum atomic E-state index is -0.314. The molecule has 104 valence electrons. The van der Waals surface area contributed by atoms with E-state index in [-0.39, 0.29) is 16.6 Å². The molecule has 4 heteroatoms. The summed E-state index contributed by atoms with van der Waals surface area (Å²) in [6.07, 6.45) is 0. The Labute approximate surface area is 124 Å². The molecule has 0 bridgehead atoms. The Kier molecular flexibility index (Phi) is 6.01. The normalized spacial score (nSPS) is 12.8. The zero-order valence-corrected chi connectivity index (χ0v) is 13.4. The number of benzene rings is 1. The standard InChI is InChI=1S/C15H20O2S2/c1-11(16)19-10-13(12-8-6-5-7-9-12)14(18)17-15(2,3)4/h5-9,13H,10H2,1-4H3. The SMILES string of the molecule is CC(=O)SCC(C(=S)OC(C)(C)C)c1ccccc1. The highest BCUT2D eigenvalue weighted by atomic mass is 32.2. The van der Waals surface area contributed by atoms with Crippen LogP contribution >= 0.6 is 24.0 Å². The van der Waals surface area contributed by atoms with Crippen molar-refractivity contribution in [3.63, 3.8) is 0 Å². The van der Waals surface area contributed by atoms with Gasteiger partial charge < -0.3 is 4.74 Å². The predicted octanol–water partition coefficient (Wildman–Crippen LogP) is 4.19. The van der Waals surface area contributed by atoms with Gasteiger partial charge in [0, 0.05) is 12.7 Å². The molecule has 0 N–H and O–H groups in total. The van der Waals surface area contributed by atoms with E-state index in [1.165, 1.54) is 11.8 Å². The summed E-state index contributed by atoms with van der Waals surface area (Å²) < 4.78 is 5.79. The van der Waals surface area contributed by atoms with Gasteiger partial charge in [-0.1, -0.05) is 42.1 Å². The van der Waals surface area contributed by atoms with Crippen molar-refractivity contribution in [2.75, 3.05) is 5.75 Å². The molecular weight excluding hydrogens is 276 g/mol. The van der Waals surface area contributed by atoms with Crippen molar-refractivity contribution in [1.29, 1.82) is 0 Å². The van der Waals surface area contributed by atoms with E-state index in [2.05, 4.69) is 0 Å². The van der Waals surface area contributed by atoms with Gasteiger partial charge in [0.2, 0.25) is 0 Å². The molecule has 0 heterocycles. The first kappa shape index (κ1) is 16.2. The van der Waals surface area contributed by atoms with Crippen LogP contribution in [0.25, 0.3) is 0 Å². The van der Waals surface area contributed by atoms with Crippen molar-refractivity contribution < 1.29 is 9.53 Å². The number of thiocarbonyl (C=S) groups is 1. The van der Waals surface area contributed by atoms with Gasteiger partial charge >= 0.3 is 0 Å². The van der Waals surface area contributed by atoms with E-state index in [1.54, 1.807) is 6.92 Å². The molecule has 0 aliphatic heterocycles. The Morgan fingerprint density at radius 1 is 1.32 bits per heavy atom. The third kappa shape index (κ3) is 6.21. The summed E-state index contributed by atoms with van der Waals surface area (Å²) in [6.45, 7) is 7.48. The number of hydrogen-bond acceptors (Lipinski definition) is 4. The van der Waals surface area contributed by atoms with Crippen molar-refractivity contribution in [1.82, 2.24) is 0 Å². The Balaban J connectivity index is 2.86. The van der Waals surface area contributed by atoms with Gasteiger partial charge in [-0.3, -0.25) is 4.79 Å². The van der Waals surface area contributed by atoms with Gasteiger partial charge in [-0.2, -0.15) is 0 Å². The van der Waals surface area contributed by atoms with Crippen LogP contribution in [0, 0.1) is 0 Å². The third-order valence-corrected chi connectivity index (χ3v) is 3.62. The minimum absolute atomic E-state index is 0.0377. The van der Waals surface area contributed by atoms with Crippen LogP contribution in [-0.2, 0) is 9.53 Å². The maximum Gasteiger partial charge on any atom is 0.185 e. The van der Waals surface area contributed by atoms with E-state index in [0.717, 1.165) is 5.56 Å². The summed E-state index contributed by atoms with van der Waals surface area (Å²) in [5.74, 6) is 0.582. The van der Waals surface area contributed by atoms with Crippen molar-refractivity contribution in [3.05, 3.63) is 35.9 Å². The van der Waals surface area contributed by atoms with Crippen LogP contribution in [0.2, 0.25) is 0 Å². The van der Waals surface area contributed by atoms with Crippen molar-refractivity contribution >= 4 is 34.1 Å². The van der Waals surface area contributed by atoms with E-state index < -0.39 is 0 Å². The van der Waals surface area contributed by atoms with E-state index in [4.69, 9.17) is 17.0 Å². The van der Waals surface area contributed by atoms with Crippen LogP contribution < -0.4 is 0 Å². The molecule has 1 unspecified atom stereocenters. The van der Waals surface area contributed by atoms with Gasteiger partial charge in [0.25, 0.3) is 0 Å². The highest BCUT2D eigenvalue weighted by Gasteiger charge is 2.23. The molecule has 0 radical (unpaired) electrons. The summed E-state index contributed by atoms with van der Waals surface area (Å²) in [4.78, 5) is 11.2. The van der Waals surface area contributed by atoms with Crippen LogP contribution in [0.15, 0.2) is 30.3 Å². The fourth-order valence-electron chi connectivity index (χ4n) is 1.56. The quantitative estimate of drug-likeness (QED) is 0.778. The number of thioether (sulfide) groups is 1. The molecule has 0 aliphatic carbocycles. The lowest BCUT2D eigenvalue weighted by atomic mass is 10.0. The van der Waals surface area contributed by atoms with Crippen LogP contribution in [0.1, 0.15) is 39.2 Å². The van der Waals surface area contributed by atoms with E-state index in [9.17, 15) is 4.79 Å². The predicted molar refractivity (Wildman–Crippen MR) is 85.8 cm³/mol. The topological polar surface area (TPSA) is 26.3 Å². The molecule has 1 aromatic rings. The number of hydrogen-bond donors (Lipinski definition) is 0. The molecule has 0 spiro atoms. The maximum absolute atomic E-state index is 11.2. The van der Waals surface area contributed by atoms with Gasteiger partial charge in [-0.25, -0.2) is 0 Å². The zero-order chi connectivity index (χ0) is 14.5. The Morgan fingerprint density at radius 3 is 2.37 bits per heavy atom. The number of rotatable bonds is 4. The average Bonchev–Trinajstić information content (AvgIpc) is 2.27. The van der Waals surface area contributed by atoms with Gasteiger partial charge in [0.15, 0.2) is 10.2 Å². The molecule has 1 aromatic carbocycles. The van der Waals surface area contributed by atoms with Crippen molar-refractivity contribution in [3.8, 4) is 0 Å². The fraction of sp³-hybridized carbons (Fsp3) is 0.467. The van der Waals surface area contributed by atoms with Gasteiger partial charge in [0.1, 0.15) is 5.60 Å². The molecule has 0 saturated heterocycles. The molecule has 0 saturated carbocycles. The van der Waals surface area contributed by atoms with Crippen LogP contribution in [0.4, 0.5) is 0 Å². The summed E-state index contributed by atoms with van der Waals surface area (Å²) in [7, 11) is 0. The van der Waals surface area contributed by atoms with E-state index in [1.807, 2.05) is 51.1 Å². The monoisotopic (exact) mass is 296 g/mol. The second-order valence-electron chi connectivity index (χ2n) is 5.30. The first-order valence-electron chi connectivity index (χ1n) is 6.21. The number of ether oxygens (including phenoxy) is 1. The van der Waals surface area contributed by atoms with Gasteiger partial charge in [0.05, 0.1) is 5.92 Å². The van der Waals surface area contributed by atoms with Crippen molar-refractivity contribution in [2.45, 2.75) is 39.2 Å². The van der Waals surface area contributed by atoms with Crippen molar-refractivity contribution in [2.24, 2.45) is 0 Å². The highest BCUT2D eigenvalue weighted by Crippen LogP contribution is 2.26. The smallest absolute Gasteiger partial charge is 0.185 e. The van der Waals surface area contributed by atoms with E-state index in [0.29, 0.717) is 10.8 Å². The Bertz CT molecular complexity index is 435. The average molecular weight is 296 g/mol. The molecule has 2 nitrogen and oxygen atoms in total. The Morgan fingerprint density at radius 2 is 1.89 bits per heavy atom. The fourth-order valence-corrected chi connectivity index (χ4v) is 2.88. The molecule has 0 amide bonds. The second-order valence-corrected chi connectivity index (χ2v) is 6.90. The lowest BCUT2D eigenvalue weighted by Gasteiger charge is -2.26. The molecule has 1 atom stereocenters. The lowest BCUT2D eigenvalue weighted by Crippen LogP contribution is -2.27. The van der Waals surface area contributed by atoms with Crippen LogP contribution in [-0.4, -0.2) is 21.5 Å². The van der Waals surface area contributed by atoms with Crippen LogP contribution in [0.3, 0.4) is 0 Å². The Hall–Kier alpha value is -0.870. The molecule has 0 aromatic heterocycles. The molecule has 0 fully saturated rings. The molecule has 1 rings (SSSR count). The summed E-state index contributed by atoms with van der Waals surface area (Å²) in [5.41, 5.74) is 0.774. The first-order valence-corrected chi connectivity index (χ1v) is 7.60.